The van der Waals surface area contributed by atoms with Crippen molar-refractivity contribution in [3.8, 4) is 5.75 Å². The molecule has 3 rings (SSSR count). The van der Waals surface area contributed by atoms with E-state index in [2.05, 4.69) is 20.6 Å². The smallest absolute Gasteiger partial charge is 0.271 e. The Morgan fingerprint density at radius 1 is 0.929 bits per heavy atom. The lowest BCUT2D eigenvalue weighted by molar-refractivity contribution is 0.0934. The van der Waals surface area contributed by atoms with Crippen LogP contribution < -0.4 is 15.4 Å². The van der Waals surface area contributed by atoms with E-state index in [1.54, 1.807) is 0 Å². The van der Waals surface area contributed by atoms with Crippen molar-refractivity contribution in [2.45, 2.75) is 32.9 Å². The fourth-order valence-electron chi connectivity index (χ4n) is 2.67. The molecule has 0 fully saturated rings. The number of anilines is 2. The minimum atomic E-state index is -0.265. The fraction of sp³-hybridized carbons (Fsp3) is 0.227. The first kappa shape index (κ1) is 19.4. The molecule has 2 aromatic carbocycles. The van der Waals surface area contributed by atoms with Crippen LogP contribution >= 0.6 is 0 Å². The number of ether oxygens (including phenoxy) is 1. The number of nitrogens with one attached hydrogen (secondary N) is 2. The number of carbonyl (C=O) groups excluding carboxylic acids is 1. The zero-order valence-corrected chi connectivity index (χ0v) is 16.2. The van der Waals surface area contributed by atoms with E-state index in [4.69, 9.17) is 4.74 Å². The van der Waals surface area contributed by atoms with Crippen LogP contribution in [0.1, 0.15) is 42.9 Å². The van der Waals surface area contributed by atoms with Gasteiger partial charge in [0.05, 0.1) is 30.2 Å². The average Bonchev–Trinajstić information content (AvgIpc) is 2.70. The van der Waals surface area contributed by atoms with Gasteiger partial charge in [-0.05, 0) is 38.5 Å². The van der Waals surface area contributed by atoms with Crippen molar-refractivity contribution >= 4 is 17.4 Å². The van der Waals surface area contributed by atoms with E-state index in [9.17, 15) is 4.79 Å². The second-order valence-electron chi connectivity index (χ2n) is 6.68. The SMILES string of the molecule is CC(C)Oc1ccccc1Nc1cnc(C(=O)NC(C)c2ccccc2)cn1. The number of nitrogens with zero attached hydrogens (tertiary/aromatic N) is 2. The van der Waals surface area contributed by atoms with Gasteiger partial charge >= 0.3 is 0 Å². The number of benzene rings is 2. The molecule has 1 aromatic heterocycles. The molecule has 1 atom stereocenters. The Kier molecular flexibility index (Phi) is 6.22. The Labute approximate surface area is 165 Å². The number of amides is 1. The summed E-state index contributed by atoms with van der Waals surface area (Å²) in [5.74, 6) is 1.00. The van der Waals surface area contributed by atoms with Crippen molar-refractivity contribution in [3.63, 3.8) is 0 Å². The Morgan fingerprint density at radius 2 is 1.64 bits per heavy atom. The third-order valence-corrected chi connectivity index (χ3v) is 4.04. The van der Waals surface area contributed by atoms with Crippen LogP contribution in [-0.4, -0.2) is 22.0 Å². The molecule has 1 heterocycles. The van der Waals surface area contributed by atoms with Gasteiger partial charge in [0.25, 0.3) is 5.91 Å². The van der Waals surface area contributed by atoms with E-state index in [0.717, 1.165) is 17.0 Å². The number of rotatable bonds is 7. The first-order valence-corrected chi connectivity index (χ1v) is 9.23. The van der Waals surface area contributed by atoms with Crippen LogP contribution in [-0.2, 0) is 0 Å². The average molecular weight is 376 g/mol. The molecule has 0 saturated heterocycles. The third-order valence-electron chi connectivity index (χ3n) is 4.04. The van der Waals surface area contributed by atoms with Gasteiger partial charge in [-0.25, -0.2) is 9.97 Å². The maximum Gasteiger partial charge on any atom is 0.271 e. The van der Waals surface area contributed by atoms with Gasteiger partial charge in [0, 0.05) is 0 Å². The number of para-hydroxylation sites is 2. The van der Waals surface area contributed by atoms with Crippen LogP contribution in [0, 0.1) is 0 Å². The summed E-state index contributed by atoms with van der Waals surface area (Å²) in [5, 5.41) is 6.11. The number of hydrogen-bond donors (Lipinski definition) is 2. The zero-order chi connectivity index (χ0) is 19.9. The van der Waals surface area contributed by atoms with Crippen LogP contribution in [0.15, 0.2) is 67.0 Å². The summed E-state index contributed by atoms with van der Waals surface area (Å²) >= 11 is 0. The van der Waals surface area contributed by atoms with Crippen molar-refractivity contribution in [3.05, 3.63) is 78.2 Å². The Balaban J connectivity index is 1.66. The van der Waals surface area contributed by atoms with E-state index in [1.807, 2.05) is 75.4 Å². The molecular formula is C22H24N4O2. The number of aromatic nitrogens is 2. The van der Waals surface area contributed by atoms with E-state index in [1.165, 1.54) is 12.4 Å². The molecule has 0 aliphatic rings. The van der Waals surface area contributed by atoms with Crippen molar-refractivity contribution in [1.82, 2.24) is 15.3 Å². The molecule has 1 unspecified atom stereocenters. The normalized spacial score (nSPS) is 11.7. The van der Waals surface area contributed by atoms with Crippen LogP contribution in [0.3, 0.4) is 0 Å². The molecule has 28 heavy (non-hydrogen) atoms. The lowest BCUT2D eigenvalue weighted by Crippen LogP contribution is -2.27. The third kappa shape index (κ3) is 5.07. The molecule has 1 amide bonds. The van der Waals surface area contributed by atoms with E-state index < -0.39 is 0 Å². The highest BCUT2D eigenvalue weighted by atomic mass is 16.5. The molecule has 0 aliphatic carbocycles. The first-order valence-electron chi connectivity index (χ1n) is 9.23. The molecule has 6 nitrogen and oxygen atoms in total. The van der Waals surface area contributed by atoms with Crippen LogP contribution in [0.5, 0.6) is 5.75 Å². The molecule has 0 saturated carbocycles. The van der Waals surface area contributed by atoms with Gasteiger partial charge in [-0.3, -0.25) is 4.79 Å². The van der Waals surface area contributed by atoms with Crippen LogP contribution in [0.25, 0.3) is 0 Å². The molecular weight excluding hydrogens is 352 g/mol. The van der Waals surface area contributed by atoms with E-state index in [0.29, 0.717) is 5.82 Å². The molecule has 0 bridgehead atoms. The van der Waals surface area contributed by atoms with Gasteiger partial charge in [0.15, 0.2) is 0 Å². The van der Waals surface area contributed by atoms with Gasteiger partial charge in [0.1, 0.15) is 17.3 Å². The summed E-state index contributed by atoms with van der Waals surface area (Å²) in [4.78, 5) is 21.0. The molecule has 0 spiro atoms. The van der Waals surface area contributed by atoms with E-state index >= 15 is 0 Å². The minimum Gasteiger partial charge on any atom is -0.489 e. The van der Waals surface area contributed by atoms with Gasteiger partial charge in [0.2, 0.25) is 0 Å². The summed E-state index contributed by atoms with van der Waals surface area (Å²) in [6.45, 7) is 5.88. The second kappa shape index (κ2) is 8.99. The summed E-state index contributed by atoms with van der Waals surface area (Å²) in [7, 11) is 0. The van der Waals surface area contributed by atoms with Gasteiger partial charge in [-0.15, -0.1) is 0 Å². The van der Waals surface area contributed by atoms with E-state index in [-0.39, 0.29) is 23.7 Å². The monoisotopic (exact) mass is 376 g/mol. The molecule has 6 heteroatoms. The predicted octanol–water partition coefficient (Wildman–Crippen LogP) is 4.50. The van der Waals surface area contributed by atoms with Crippen molar-refractivity contribution in [2.24, 2.45) is 0 Å². The lowest BCUT2D eigenvalue weighted by Gasteiger charge is -2.15. The molecule has 144 valence electrons. The van der Waals surface area contributed by atoms with Gasteiger partial charge < -0.3 is 15.4 Å². The maximum absolute atomic E-state index is 12.4. The first-order chi connectivity index (χ1) is 13.5. The zero-order valence-electron chi connectivity index (χ0n) is 16.2. The highest BCUT2D eigenvalue weighted by Gasteiger charge is 2.13. The van der Waals surface area contributed by atoms with Crippen molar-refractivity contribution < 1.29 is 9.53 Å². The Morgan fingerprint density at radius 3 is 2.32 bits per heavy atom. The molecule has 0 aliphatic heterocycles. The lowest BCUT2D eigenvalue weighted by atomic mass is 10.1. The number of carbonyl (C=O) groups is 1. The summed E-state index contributed by atoms with van der Waals surface area (Å²) in [5.41, 5.74) is 2.09. The van der Waals surface area contributed by atoms with Gasteiger partial charge in [-0.2, -0.15) is 0 Å². The Hall–Kier alpha value is -3.41. The Bertz CT molecular complexity index is 911. The van der Waals surface area contributed by atoms with Gasteiger partial charge in [-0.1, -0.05) is 42.5 Å². The quantitative estimate of drug-likeness (QED) is 0.635. The molecule has 2 N–H and O–H groups in total. The highest BCUT2D eigenvalue weighted by molar-refractivity contribution is 5.92. The predicted molar refractivity (Wildman–Crippen MR) is 110 cm³/mol. The fourth-order valence-corrected chi connectivity index (χ4v) is 2.67. The topological polar surface area (TPSA) is 76.1 Å². The molecule has 3 aromatic rings. The van der Waals surface area contributed by atoms with Crippen molar-refractivity contribution in [1.29, 1.82) is 0 Å². The summed E-state index contributed by atoms with van der Waals surface area (Å²) in [6, 6.07) is 17.3. The van der Waals surface area contributed by atoms with Crippen molar-refractivity contribution in [2.75, 3.05) is 5.32 Å². The minimum absolute atomic E-state index is 0.0618. The maximum atomic E-state index is 12.4. The molecule has 0 radical (unpaired) electrons. The standard InChI is InChI=1S/C22H24N4O2/c1-15(2)28-20-12-8-7-11-18(20)26-21-14-23-19(13-24-21)22(27)25-16(3)17-9-5-4-6-10-17/h4-16H,1-3H3,(H,24,26)(H,25,27). The van der Waals surface area contributed by atoms with Crippen LogP contribution in [0.4, 0.5) is 11.5 Å². The largest absolute Gasteiger partial charge is 0.489 e. The van der Waals surface area contributed by atoms with Crippen LogP contribution in [0.2, 0.25) is 0 Å². The summed E-state index contributed by atoms with van der Waals surface area (Å²) < 4.78 is 5.79. The second-order valence-corrected chi connectivity index (χ2v) is 6.68. The number of hydrogen-bond acceptors (Lipinski definition) is 5. The summed E-state index contributed by atoms with van der Waals surface area (Å²) in [6.07, 6.45) is 3.06. The highest BCUT2D eigenvalue weighted by Crippen LogP contribution is 2.27.